The van der Waals surface area contributed by atoms with Crippen molar-refractivity contribution in [2.75, 3.05) is 12.8 Å². The Morgan fingerprint density at radius 3 is 2.33 bits per heavy atom. The highest BCUT2D eigenvalue weighted by molar-refractivity contribution is 7.92. The van der Waals surface area contributed by atoms with Gasteiger partial charge in [0.2, 0.25) is 11.8 Å². The Labute approximate surface area is 108 Å². The Morgan fingerprint density at radius 2 is 1.94 bits per heavy atom. The maximum absolute atomic E-state index is 11.9. The molecule has 1 aliphatic heterocycles. The van der Waals surface area contributed by atoms with Crippen molar-refractivity contribution in [1.29, 1.82) is 0 Å². The molecule has 0 saturated carbocycles. The molecular weight excluding hydrogens is 256 g/mol. The third-order valence-corrected chi connectivity index (χ3v) is 4.69. The lowest BCUT2D eigenvalue weighted by Crippen LogP contribution is -2.47. The molecule has 2 amide bonds. The third-order valence-electron chi connectivity index (χ3n) is 3.19. The number of likely N-dealkylation sites (tertiary alicyclic amines) is 1. The topological polar surface area (TPSA) is 83.6 Å². The van der Waals surface area contributed by atoms with E-state index >= 15 is 0 Å². The quantitative estimate of drug-likeness (QED) is 0.753. The first-order valence-corrected chi connectivity index (χ1v) is 7.89. The fourth-order valence-corrected chi connectivity index (χ4v) is 2.29. The van der Waals surface area contributed by atoms with Gasteiger partial charge in [0.25, 0.3) is 0 Å². The number of hydrogen-bond acceptors (Lipinski definition) is 4. The monoisotopic (exact) mass is 276 g/mol. The first-order valence-electron chi connectivity index (χ1n) is 5.94. The van der Waals surface area contributed by atoms with Gasteiger partial charge >= 0.3 is 0 Å². The number of carbonyl (C=O) groups is 2. The molecule has 0 aromatic carbocycles. The molecule has 104 valence electrons. The Bertz CT molecular complexity index is 444. The lowest BCUT2D eigenvalue weighted by molar-refractivity contribution is -0.133. The van der Waals surface area contributed by atoms with Crippen LogP contribution in [-0.2, 0) is 19.4 Å². The summed E-state index contributed by atoms with van der Waals surface area (Å²) in [6, 6.07) is -0.504. The lowest BCUT2D eigenvalue weighted by Gasteiger charge is -2.21. The lowest BCUT2D eigenvalue weighted by atomic mass is 10.2. The Balaban J connectivity index is 2.66. The van der Waals surface area contributed by atoms with Gasteiger partial charge < -0.3 is 10.2 Å². The van der Waals surface area contributed by atoms with Crippen molar-refractivity contribution in [3.8, 4) is 0 Å². The fourth-order valence-electron chi connectivity index (χ4n) is 1.83. The van der Waals surface area contributed by atoms with Crippen molar-refractivity contribution in [3.63, 3.8) is 0 Å². The number of nitrogens with one attached hydrogen (secondary N) is 1. The van der Waals surface area contributed by atoms with Crippen LogP contribution in [0.4, 0.5) is 0 Å². The zero-order valence-electron chi connectivity index (χ0n) is 11.1. The number of sulfone groups is 1. The van der Waals surface area contributed by atoms with E-state index in [-0.39, 0.29) is 11.9 Å². The molecule has 0 spiro atoms. The van der Waals surface area contributed by atoms with Crippen LogP contribution < -0.4 is 5.32 Å². The Morgan fingerprint density at radius 1 is 1.39 bits per heavy atom. The standard InChI is InChI=1S/C11H20N2O4S/c1-7(2)13-6-5-9(11(13)15)12-10(14)8(3)18(4,16)17/h7-9H,5-6H2,1-4H3,(H,12,14). The molecule has 0 aromatic heterocycles. The van der Waals surface area contributed by atoms with E-state index < -0.39 is 27.0 Å². The Hall–Kier alpha value is -1.11. The number of rotatable bonds is 4. The molecule has 1 N–H and O–H groups in total. The molecule has 1 fully saturated rings. The highest BCUT2D eigenvalue weighted by atomic mass is 32.2. The molecule has 0 aliphatic carbocycles. The van der Waals surface area contributed by atoms with Crippen molar-refractivity contribution < 1.29 is 18.0 Å². The molecule has 6 nitrogen and oxygen atoms in total. The van der Waals surface area contributed by atoms with Gasteiger partial charge in [0, 0.05) is 18.8 Å². The molecule has 1 saturated heterocycles. The number of nitrogens with zero attached hydrogens (tertiary/aromatic N) is 1. The summed E-state index contributed by atoms with van der Waals surface area (Å²) in [5, 5.41) is 1.38. The minimum Gasteiger partial charge on any atom is -0.343 e. The van der Waals surface area contributed by atoms with Gasteiger partial charge in [-0.15, -0.1) is 0 Å². The second kappa shape index (κ2) is 5.26. The minimum absolute atomic E-state index is 0.0896. The summed E-state index contributed by atoms with van der Waals surface area (Å²) >= 11 is 0. The second-order valence-electron chi connectivity index (χ2n) is 4.95. The predicted octanol–water partition coefficient (Wildman–Crippen LogP) is -0.455. The third kappa shape index (κ3) is 3.22. The van der Waals surface area contributed by atoms with Gasteiger partial charge in [-0.3, -0.25) is 9.59 Å². The highest BCUT2D eigenvalue weighted by Gasteiger charge is 2.35. The van der Waals surface area contributed by atoms with E-state index in [4.69, 9.17) is 0 Å². The van der Waals surface area contributed by atoms with Crippen LogP contribution in [0.2, 0.25) is 0 Å². The van der Waals surface area contributed by atoms with Crippen LogP contribution in [0.5, 0.6) is 0 Å². The molecule has 2 atom stereocenters. The fraction of sp³-hybridized carbons (Fsp3) is 0.818. The zero-order valence-corrected chi connectivity index (χ0v) is 12.0. The number of hydrogen-bond donors (Lipinski definition) is 1. The number of amides is 2. The molecule has 0 radical (unpaired) electrons. The average molecular weight is 276 g/mol. The van der Waals surface area contributed by atoms with Gasteiger partial charge in [-0.25, -0.2) is 8.42 Å². The van der Waals surface area contributed by atoms with Gasteiger partial charge in [-0.2, -0.15) is 0 Å². The maximum atomic E-state index is 11.9. The van der Waals surface area contributed by atoms with E-state index in [1.54, 1.807) is 4.90 Å². The number of carbonyl (C=O) groups excluding carboxylic acids is 2. The van der Waals surface area contributed by atoms with E-state index in [1.165, 1.54) is 6.92 Å². The molecule has 7 heteroatoms. The van der Waals surface area contributed by atoms with Crippen molar-refractivity contribution in [2.45, 2.75) is 44.5 Å². The van der Waals surface area contributed by atoms with Crippen LogP contribution in [0.15, 0.2) is 0 Å². The smallest absolute Gasteiger partial charge is 0.245 e. The summed E-state index contributed by atoms with van der Waals surface area (Å²) in [4.78, 5) is 25.3. The molecule has 1 heterocycles. The van der Waals surface area contributed by atoms with Gasteiger partial charge in [-0.1, -0.05) is 0 Å². The van der Waals surface area contributed by atoms with Crippen LogP contribution in [0, 0.1) is 0 Å². The van der Waals surface area contributed by atoms with Crippen molar-refractivity contribution in [1.82, 2.24) is 10.2 Å². The Kier molecular flexibility index (Phi) is 4.37. The molecule has 2 unspecified atom stereocenters. The van der Waals surface area contributed by atoms with E-state index in [0.717, 1.165) is 6.26 Å². The SMILES string of the molecule is CC(C)N1CCC(NC(=O)C(C)S(C)(=O)=O)C1=O. The van der Waals surface area contributed by atoms with E-state index in [0.29, 0.717) is 13.0 Å². The molecule has 0 aromatic rings. The van der Waals surface area contributed by atoms with Crippen molar-refractivity contribution in [3.05, 3.63) is 0 Å². The minimum atomic E-state index is -3.43. The summed E-state index contributed by atoms with van der Waals surface area (Å²) in [7, 11) is -3.43. The molecular formula is C11H20N2O4S. The van der Waals surface area contributed by atoms with E-state index in [1.807, 2.05) is 13.8 Å². The highest BCUT2D eigenvalue weighted by Crippen LogP contribution is 2.14. The average Bonchev–Trinajstić information content (AvgIpc) is 2.58. The van der Waals surface area contributed by atoms with Crippen LogP contribution in [0.1, 0.15) is 27.2 Å². The van der Waals surface area contributed by atoms with Gasteiger partial charge in [0.05, 0.1) is 0 Å². The molecule has 1 aliphatic rings. The van der Waals surface area contributed by atoms with Gasteiger partial charge in [-0.05, 0) is 27.2 Å². The van der Waals surface area contributed by atoms with Crippen LogP contribution >= 0.6 is 0 Å². The van der Waals surface area contributed by atoms with Crippen LogP contribution in [0.25, 0.3) is 0 Å². The maximum Gasteiger partial charge on any atom is 0.245 e. The summed E-state index contributed by atoms with van der Waals surface area (Å²) in [6.45, 7) is 5.72. The summed E-state index contributed by atoms with van der Waals surface area (Å²) in [5.41, 5.74) is 0. The normalized spacial score (nSPS) is 22.4. The second-order valence-corrected chi connectivity index (χ2v) is 7.31. The van der Waals surface area contributed by atoms with Crippen molar-refractivity contribution >= 4 is 21.7 Å². The van der Waals surface area contributed by atoms with Gasteiger partial charge in [0.15, 0.2) is 9.84 Å². The summed E-state index contributed by atoms with van der Waals surface area (Å²) < 4.78 is 22.5. The summed E-state index contributed by atoms with van der Waals surface area (Å²) in [6.07, 6.45) is 1.54. The van der Waals surface area contributed by atoms with Crippen molar-refractivity contribution in [2.24, 2.45) is 0 Å². The predicted molar refractivity (Wildman–Crippen MR) is 67.7 cm³/mol. The molecule has 18 heavy (non-hydrogen) atoms. The van der Waals surface area contributed by atoms with E-state index in [2.05, 4.69) is 5.32 Å². The molecule has 0 bridgehead atoms. The van der Waals surface area contributed by atoms with E-state index in [9.17, 15) is 18.0 Å². The first kappa shape index (κ1) is 14.9. The molecule has 1 rings (SSSR count). The first-order chi connectivity index (χ1) is 8.14. The zero-order chi connectivity index (χ0) is 14.1. The van der Waals surface area contributed by atoms with Crippen LogP contribution in [0.3, 0.4) is 0 Å². The summed E-state index contributed by atoms with van der Waals surface area (Å²) in [5.74, 6) is -0.750. The van der Waals surface area contributed by atoms with Crippen LogP contribution in [-0.4, -0.2) is 55.3 Å². The van der Waals surface area contributed by atoms with Gasteiger partial charge in [0.1, 0.15) is 11.3 Å². The largest absolute Gasteiger partial charge is 0.343 e.